The number of carboxylic acids is 1. The number of hydrogen-bond acceptors (Lipinski definition) is 7. The van der Waals surface area contributed by atoms with Gasteiger partial charge in [-0.25, -0.2) is 9.78 Å². The van der Waals surface area contributed by atoms with E-state index in [4.69, 9.17) is 9.47 Å². The average Bonchev–Trinajstić information content (AvgIpc) is 3.43. The van der Waals surface area contributed by atoms with Gasteiger partial charge in [-0.15, -0.1) is 0 Å². The van der Waals surface area contributed by atoms with Gasteiger partial charge in [0.25, 0.3) is 0 Å². The fourth-order valence-corrected chi connectivity index (χ4v) is 4.68. The van der Waals surface area contributed by atoms with E-state index in [1.165, 1.54) is 12.5 Å². The Bertz CT molecular complexity index is 1100. The molecule has 3 atom stereocenters. The third-order valence-electron chi connectivity index (χ3n) is 6.52. The zero-order valence-corrected chi connectivity index (χ0v) is 20.3. The summed E-state index contributed by atoms with van der Waals surface area (Å²) in [5, 5.41) is 12.7. The first-order valence-electron chi connectivity index (χ1n) is 12.0. The fourth-order valence-electron chi connectivity index (χ4n) is 4.68. The van der Waals surface area contributed by atoms with Crippen molar-refractivity contribution in [3.8, 4) is 5.69 Å². The molecule has 188 valence electrons. The number of amides is 1. The molecular formula is C25H32N4O6. The van der Waals surface area contributed by atoms with Gasteiger partial charge in [0, 0.05) is 43.9 Å². The van der Waals surface area contributed by atoms with Gasteiger partial charge in [-0.05, 0) is 30.9 Å². The maximum Gasteiger partial charge on any atom is 0.410 e. The van der Waals surface area contributed by atoms with Crippen molar-refractivity contribution in [1.82, 2.24) is 19.8 Å². The molecule has 2 aliphatic heterocycles. The maximum atomic E-state index is 12.2. The van der Waals surface area contributed by atoms with Crippen molar-refractivity contribution in [2.24, 2.45) is 5.92 Å². The summed E-state index contributed by atoms with van der Waals surface area (Å²) < 4.78 is 12.2. The summed E-state index contributed by atoms with van der Waals surface area (Å²) in [5.74, 6) is -1.69. The summed E-state index contributed by atoms with van der Waals surface area (Å²) >= 11 is 0. The number of fused-ring (bicyclic) bond motifs is 3. The van der Waals surface area contributed by atoms with Gasteiger partial charge in [0.05, 0.1) is 17.9 Å². The highest BCUT2D eigenvalue weighted by atomic mass is 16.7. The van der Waals surface area contributed by atoms with Crippen LogP contribution < -0.4 is 5.32 Å². The van der Waals surface area contributed by atoms with E-state index >= 15 is 0 Å². The van der Waals surface area contributed by atoms with Gasteiger partial charge in [0.15, 0.2) is 0 Å². The van der Waals surface area contributed by atoms with Gasteiger partial charge in [-0.1, -0.05) is 32.0 Å². The van der Waals surface area contributed by atoms with Crippen LogP contribution in [-0.4, -0.2) is 69.1 Å². The summed E-state index contributed by atoms with van der Waals surface area (Å²) in [6, 6.07) is 7.16. The Morgan fingerprint density at radius 3 is 2.69 bits per heavy atom. The van der Waals surface area contributed by atoms with Crippen molar-refractivity contribution >= 4 is 18.0 Å². The quantitative estimate of drug-likeness (QED) is 0.432. The van der Waals surface area contributed by atoms with E-state index in [1.807, 2.05) is 17.0 Å². The molecular weight excluding hydrogens is 452 g/mol. The summed E-state index contributed by atoms with van der Waals surface area (Å²) in [6.45, 7) is 5.77. The standard InChI is InChI=1S/C25H32N4O6/c1-15(2)24(32)34-16(3)35-25(33)27-18-10-11-28(13-18)22(23(30)31)12-19-21-9-8-17-6-4-5-7-20(17)29(21)14-26-19/h4-7,14-16,18,22H,8-13H2,1-3H3,(H,27,33)(H,30,31)/t16?,18-,22-/m0/s1. The molecule has 3 heterocycles. The second-order valence-corrected chi connectivity index (χ2v) is 9.38. The van der Waals surface area contributed by atoms with Crippen LogP contribution in [0.5, 0.6) is 0 Å². The number of aromatic nitrogens is 2. The smallest absolute Gasteiger partial charge is 0.410 e. The number of esters is 1. The second kappa shape index (κ2) is 10.5. The molecule has 0 spiro atoms. The number of rotatable bonds is 8. The number of carbonyl (C=O) groups is 3. The van der Waals surface area contributed by atoms with Gasteiger partial charge in [-0.3, -0.25) is 14.5 Å². The second-order valence-electron chi connectivity index (χ2n) is 9.38. The lowest BCUT2D eigenvalue weighted by molar-refractivity contribution is -0.168. The highest BCUT2D eigenvalue weighted by molar-refractivity contribution is 5.74. The molecule has 1 aromatic heterocycles. The lowest BCUT2D eigenvalue weighted by Crippen LogP contribution is -2.44. The molecule has 35 heavy (non-hydrogen) atoms. The Hall–Kier alpha value is -3.40. The maximum absolute atomic E-state index is 12.2. The number of carboxylic acid groups (broad SMARTS) is 1. The number of carbonyl (C=O) groups excluding carboxylic acids is 2. The first kappa shape index (κ1) is 24.7. The zero-order valence-electron chi connectivity index (χ0n) is 20.3. The number of para-hydroxylation sites is 1. The molecule has 0 saturated carbocycles. The van der Waals surface area contributed by atoms with E-state index in [0.717, 1.165) is 29.9 Å². The lowest BCUT2D eigenvalue weighted by Gasteiger charge is -2.25. The predicted molar refractivity (Wildman–Crippen MR) is 126 cm³/mol. The van der Waals surface area contributed by atoms with Crippen LogP contribution in [-0.2, 0) is 38.3 Å². The van der Waals surface area contributed by atoms with E-state index in [9.17, 15) is 19.5 Å². The van der Waals surface area contributed by atoms with Crippen molar-refractivity contribution in [3.63, 3.8) is 0 Å². The molecule has 2 aliphatic rings. The molecule has 1 fully saturated rings. The van der Waals surface area contributed by atoms with Crippen molar-refractivity contribution in [3.05, 3.63) is 47.5 Å². The van der Waals surface area contributed by atoms with E-state index in [1.54, 1.807) is 20.2 Å². The van der Waals surface area contributed by atoms with Crippen LogP contribution >= 0.6 is 0 Å². The van der Waals surface area contributed by atoms with Gasteiger partial charge >= 0.3 is 18.0 Å². The monoisotopic (exact) mass is 484 g/mol. The van der Waals surface area contributed by atoms with Crippen molar-refractivity contribution in [2.45, 2.75) is 64.8 Å². The highest BCUT2D eigenvalue weighted by Gasteiger charge is 2.35. The number of aliphatic carboxylic acids is 1. The topological polar surface area (TPSA) is 123 Å². The summed E-state index contributed by atoms with van der Waals surface area (Å²) in [6.07, 6.45) is 2.66. The number of nitrogens with zero attached hydrogens (tertiary/aromatic N) is 3. The van der Waals surface area contributed by atoms with Gasteiger partial charge < -0.3 is 24.5 Å². The molecule has 0 aliphatic carbocycles. The number of ether oxygens (including phenoxy) is 2. The summed E-state index contributed by atoms with van der Waals surface area (Å²) in [7, 11) is 0. The summed E-state index contributed by atoms with van der Waals surface area (Å²) in [4.78, 5) is 42.5. The Balaban J connectivity index is 1.35. The lowest BCUT2D eigenvalue weighted by atomic mass is 9.99. The number of imidazole rings is 1. The van der Waals surface area contributed by atoms with Crippen LogP contribution in [0.15, 0.2) is 30.6 Å². The molecule has 1 amide bonds. The van der Waals surface area contributed by atoms with Gasteiger partial charge in [0.2, 0.25) is 6.29 Å². The van der Waals surface area contributed by atoms with E-state index in [0.29, 0.717) is 25.9 Å². The third kappa shape index (κ3) is 5.64. The predicted octanol–water partition coefficient (Wildman–Crippen LogP) is 2.31. The van der Waals surface area contributed by atoms with Gasteiger partial charge in [0.1, 0.15) is 6.04 Å². The van der Waals surface area contributed by atoms with Crippen molar-refractivity contribution in [1.29, 1.82) is 0 Å². The fraction of sp³-hybridized carbons (Fsp3) is 0.520. The molecule has 10 heteroatoms. The SMILES string of the molecule is CC(OC(=O)N[C@H]1CCN([C@@H](Cc2ncn3c2CCc2ccccc2-3)C(=O)O)C1)OC(=O)C(C)C. The average molecular weight is 485 g/mol. The van der Waals surface area contributed by atoms with E-state index in [2.05, 4.69) is 27.0 Å². The number of benzene rings is 1. The number of hydrogen-bond donors (Lipinski definition) is 2. The van der Waals surface area contributed by atoms with Gasteiger partial charge in [-0.2, -0.15) is 0 Å². The van der Waals surface area contributed by atoms with Crippen LogP contribution in [0.4, 0.5) is 4.79 Å². The van der Waals surface area contributed by atoms with Crippen LogP contribution in [0, 0.1) is 5.92 Å². The number of nitrogens with one attached hydrogen (secondary N) is 1. The Morgan fingerprint density at radius 1 is 1.17 bits per heavy atom. The zero-order chi connectivity index (χ0) is 25.1. The first-order valence-corrected chi connectivity index (χ1v) is 12.0. The minimum absolute atomic E-state index is 0.264. The molecule has 4 rings (SSSR count). The molecule has 1 saturated heterocycles. The van der Waals surface area contributed by atoms with Crippen LogP contribution in [0.25, 0.3) is 5.69 Å². The molecule has 1 unspecified atom stereocenters. The van der Waals surface area contributed by atoms with Crippen LogP contribution in [0.3, 0.4) is 0 Å². The highest BCUT2D eigenvalue weighted by Crippen LogP contribution is 2.27. The number of likely N-dealkylation sites (tertiary alicyclic amines) is 1. The van der Waals surface area contributed by atoms with E-state index < -0.39 is 30.4 Å². The molecule has 10 nitrogen and oxygen atoms in total. The Kier molecular flexibility index (Phi) is 7.39. The normalized spacial score (nSPS) is 18.9. The minimum Gasteiger partial charge on any atom is -0.480 e. The Labute approximate surface area is 204 Å². The van der Waals surface area contributed by atoms with Crippen molar-refractivity contribution < 1.29 is 29.0 Å². The third-order valence-corrected chi connectivity index (χ3v) is 6.52. The largest absolute Gasteiger partial charge is 0.480 e. The minimum atomic E-state index is -1.01. The van der Waals surface area contributed by atoms with Crippen LogP contribution in [0.2, 0.25) is 0 Å². The first-order chi connectivity index (χ1) is 16.7. The number of aryl methyl sites for hydroxylation is 1. The molecule has 0 bridgehead atoms. The van der Waals surface area contributed by atoms with E-state index in [-0.39, 0.29) is 12.0 Å². The molecule has 1 aromatic carbocycles. The Morgan fingerprint density at radius 2 is 1.94 bits per heavy atom. The molecule has 2 N–H and O–H groups in total. The van der Waals surface area contributed by atoms with Crippen molar-refractivity contribution in [2.75, 3.05) is 13.1 Å². The summed E-state index contributed by atoms with van der Waals surface area (Å²) in [5.41, 5.74) is 4.20. The number of alkyl carbamates (subject to hydrolysis) is 1. The molecule has 2 aromatic rings. The van der Waals surface area contributed by atoms with Crippen LogP contribution in [0.1, 0.15) is 44.1 Å². The molecule has 0 radical (unpaired) electrons.